The lowest BCUT2D eigenvalue weighted by molar-refractivity contribution is 0.301. The first-order chi connectivity index (χ1) is 8.40. The summed E-state index contributed by atoms with van der Waals surface area (Å²) >= 11 is 0. The van der Waals surface area contributed by atoms with E-state index in [2.05, 4.69) is 11.1 Å². The van der Waals surface area contributed by atoms with Crippen LogP contribution in [0.3, 0.4) is 0 Å². The van der Waals surface area contributed by atoms with Gasteiger partial charge in [0.1, 0.15) is 11.8 Å². The SMILES string of the molecule is Cl.N#Cc1ccccc1OCCCn1ccnc1. The van der Waals surface area contributed by atoms with Crippen LogP contribution in [0, 0.1) is 11.3 Å². The summed E-state index contributed by atoms with van der Waals surface area (Å²) in [5, 5.41) is 8.88. The van der Waals surface area contributed by atoms with E-state index < -0.39 is 0 Å². The molecule has 0 aliphatic carbocycles. The van der Waals surface area contributed by atoms with Gasteiger partial charge >= 0.3 is 0 Å². The average Bonchev–Trinajstić information content (AvgIpc) is 2.88. The summed E-state index contributed by atoms with van der Waals surface area (Å²) in [6, 6.07) is 9.38. The van der Waals surface area contributed by atoms with Gasteiger partial charge in [0.2, 0.25) is 0 Å². The van der Waals surface area contributed by atoms with Crippen molar-refractivity contribution in [2.24, 2.45) is 0 Å². The number of nitriles is 1. The minimum Gasteiger partial charge on any atom is -0.492 e. The van der Waals surface area contributed by atoms with Crippen LogP contribution in [0.4, 0.5) is 0 Å². The molecule has 4 nitrogen and oxygen atoms in total. The van der Waals surface area contributed by atoms with Crippen molar-refractivity contribution in [1.29, 1.82) is 5.26 Å². The summed E-state index contributed by atoms with van der Waals surface area (Å²) < 4.78 is 7.57. The lowest BCUT2D eigenvalue weighted by atomic mass is 10.2. The van der Waals surface area contributed by atoms with E-state index in [-0.39, 0.29) is 12.4 Å². The highest BCUT2D eigenvalue weighted by Crippen LogP contribution is 2.16. The first-order valence-electron chi connectivity index (χ1n) is 5.48. The molecule has 0 bridgehead atoms. The van der Waals surface area contributed by atoms with E-state index in [1.165, 1.54) is 0 Å². The van der Waals surface area contributed by atoms with E-state index in [0.717, 1.165) is 13.0 Å². The minimum absolute atomic E-state index is 0. The van der Waals surface area contributed by atoms with Crippen molar-refractivity contribution in [3.63, 3.8) is 0 Å². The molecule has 94 valence electrons. The molecule has 0 saturated heterocycles. The molecule has 0 spiro atoms. The monoisotopic (exact) mass is 263 g/mol. The Hall–Kier alpha value is -1.99. The maximum absolute atomic E-state index is 8.88. The van der Waals surface area contributed by atoms with Gasteiger partial charge in [-0.3, -0.25) is 0 Å². The van der Waals surface area contributed by atoms with Gasteiger partial charge in [-0.2, -0.15) is 5.26 Å². The van der Waals surface area contributed by atoms with Crippen molar-refractivity contribution in [2.75, 3.05) is 6.61 Å². The fourth-order valence-corrected chi connectivity index (χ4v) is 1.53. The summed E-state index contributed by atoms with van der Waals surface area (Å²) in [7, 11) is 0. The standard InChI is InChI=1S/C13H13N3O.ClH/c14-10-12-4-1-2-5-13(12)17-9-3-7-16-8-6-15-11-16;/h1-2,4-6,8,11H,3,7,9H2;1H. The number of nitrogens with zero attached hydrogens (tertiary/aromatic N) is 3. The third-order valence-corrected chi connectivity index (χ3v) is 2.38. The van der Waals surface area contributed by atoms with Crippen LogP contribution in [0.5, 0.6) is 5.75 Å². The fraction of sp³-hybridized carbons (Fsp3) is 0.231. The predicted molar refractivity (Wildman–Crippen MR) is 70.7 cm³/mol. The Bertz CT molecular complexity index is 505. The molecule has 0 amide bonds. The third-order valence-electron chi connectivity index (χ3n) is 2.38. The summed E-state index contributed by atoms with van der Waals surface area (Å²) in [5.41, 5.74) is 0.579. The molecule has 0 aliphatic heterocycles. The van der Waals surface area contributed by atoms with Crippen LogP contribution in [0.25, 0.3) is 0 Å². The van der Waals surface area contributed by atoms with Gasteiger partial charge in [-0.1, -0.05) is 12.1 Å². The number of imidazole rings is 1. The van der Waals surface area contributed by atoms with E-state index in [1.54, 1.807) is 18.6 Å². The lowest BCUT2D eigenvalue weighted by Gasteiger charge is -2.07. The Balaban J connectivity index is 0.00000162. The summed E-state index contributed by atoms with van der Waals surface area (Å²) in [6.45, 7) is 1.46. The smallest absolute Gasteiger partial charge is 0.137 e. The number of para-hydroxylation sites is 1. The van der Waals surface area contributed by atoms with Crippen molar-refractivity contribution >= 4 is 12.4 Å². The second-order valence-electron chi connectivity index (χ2n) is 3.61. The Kier molecular flexibility index (Phi) is 5.75. The van der Waals surface area contributed by atoms with Crippen molar-refractivity contribution < 1.29 is 4.74 Å². The number of aromatic nitrogens is 2. The Labute approximate surface area is 112 Å². The molecule has 0 fully saturated rings. The van der Waals surface area contributed by atoms with Gasteiger partial charge in [-0.05, 0) is 18.6 Å². The molecule has 2 aromatic rings. The second kappa shape index (κ2) is 7.36. The molecule has 0 unspecified atom stereocenters. The summed E-state index contributed by atoms with van der Waals surface area (Å²) in [5.74, 6) is 0.653. The molecule has 1 aromatic heterocycles. The molecular weight excluding hydrogens is 250 g/mol. The topological polar surface area (TPSA) is 50.8 Å². The van der Waals surface area contributed by atoms with Crippen LogP contribution in [-0.4, -0.2) is 16.2 Å². The van der Waals surface area contributed by atoms with Gasteiger partial charge in [0.05, 0.1) is 18.5 Å². The minimum atomic E-state index is 0. The number of hydrogen-bond donors (Lipinski definition) is 0. The molecule has 1 aromatic carbocycles. The van der Waals surface area contributed by atoms with E-state index in [9.17, 15) is 0 Å². The van der Waals surface area contributed by atoms with Crippen LogP contribution in [0.15, 0.2) is 43.0 Å². The highest BCUT2D eigenvalue weighted by molar-refractivity contribution is 5.85. The Morgan fingerprint density at radius 2 is 2.17 bits per heavy atom. The van der Waals surface area contributed by atoms with Gasteiger partial charge in [-0.25, -0.2) is 4.98 Å². The predicted octanol–water partition coefficient (Wildman–Crippen LogP) is 2.65. The molecule has 2 rings (SSSR count). The number of benzene rings is 1. The largest absolute Gasteiger partial charge is 0.492 e. The van der Waals surface area contributed by atoms with E-state index in [1.807, 2.05) is 29.0 Å². The van der Waals surface area contributed by atoms with Crippen LogP contribution >= 0.6 is 12.4 Å². The summed E-state index contributed by atoms with van der Waals surface area (Å²) in [6.07, 6.45) is 6.34. The van der Waals surface area contributed by atoms with Crippen LogP contribution in [0.2, 0.25) is 0 Å². The van der Waals surface area contributed by atoms with E-state index in [4.69, 9.17) is 10.00 Å². The van der Waals surface area contributed by atoms with Gasteiger partial charge in [0.25, 0.3) is 0 Å². The highest BCUT2D eigenvalue weighted by Gasteiger charge is 2.00. The highest BCUT2D eigenvalue weighted by atomic mass is 35.5. The van der Waals surface area contributed by atoms with Crippen molar-refractivity contribution in [2.45, 2.75) is 13.0 Å². The maximum atomic E-state index is 8.88. The lowest BCUT2D eigenvalue weighted by Crippen LogP contribution is -2.03. The zero-order valence-corrected chi connectivity index (χ0v) is 10.6. The van der Waals surface area contributed by atoms with Crippen LogP contribution in [-0.2, 0) is 6.54 Å². The van der Waals surface area contributed by atoms with Crippen molar-refractivity contribution in [1.82, 2.24) is 9.55 Å². The van der Waals surface area contributed by atoms with Gasteiger partial charge in [0, 0.05) is 18.9 Å². The number of ether oxygens (including phenoxy) is 1. The summed E-state index contributed by atoms with van der Waals surface area (Å²) in [4.78, 5) is 3.97. The van der Waals surface area contributed by atoms with E-state index >= 15 is 0 Å². The Morgan fingerprint density at radius 1 is 1.33 bits per heavy atom. The molecule has 0 radical (unpaired) electrons. The fourth-order valence-electron chi connectivity index (χ4n) is 1.53. The van der Waals surface area contributed by atoms with Gasteiger partial charge in [-0.15, -0.1) is 12.4 Å². The van der Waals surface area contributed by atoms with Gasteiger partial charge in [0.15, 0.2) is 0 Å². The number of hydrogen-bond acceptors (Lipinski definition) is 3. The quantitative estimate of drug-likeness (QED) is 0.780. The van der Waals surface area contributed by atoms with Crippen molar-refractivity contribution in [3.05, 3.63) is 48.5 Å². The zero-order chi connectivity index (χ0) is 11.9. The third kappa shape index (κ3) is 3.79. The normalized spacial score (nSPS) is 9.28. The first-order valence-corrected chi connectivity index (χ1v) is 5.48. The second-order valence-corrected chi connectivity index (χ2v) is 3.61. The first kappa shape index (κ1) is 14.1. The molecule has 0 atom stereocenters. The zero-order valence-electron chi connectivity index (χ0n) is 9.82. The number of halogens is 1. The molecular formula is C13H14ClN3O. The molecule has 0 N–H and O–H groups in total. The number of aryl methyl sites for hydroxylation is 1. The Morgan fingerprint density at radius 3 is 2.89 bits per heavy atom. The van der Waals surface area contributed by atoms with Crippen molar-refractivity contribution in [3.8, 4) is 11.8 Å². The average molecular weight is 264 g/mol. The number of rotatable bonds is 5. The van der Waals surface area contributed by atoms with Gasteiger partial charge < -0.3 is 9.30 Å². The van der Waals surface area contributed by atoms with E-state index in [0.29, 0.717) is 17.9 Å². The molecule has 0 aliphatic rings. The molecule has 5 heteroatoms. The van der Waals surface area contributed by atoms with Crippen LogP contribution in [0.1, 0.15) is 12.0 Å². The molecule has 0 saturated carbocycles. The van der Waals surface area contributed by atoms with Crippen LogP contribution < -0.4 is 4.74 Å². The molecule has 1 heterocycles. The maximum Gasteiger partial charge on any atom is 0.137 e. The molecule has 18 heavy (non-hydrogen) atoms.